The van der Waals surface area contributed by atoms with E-state index in [2.05, 4.69) is 19.2 Å². The number of aliphatic hydroxyl groups excluding tert-OH is 1. The predicted octanol–water partition coefficient (Wildman–Crippen LogP) is 2.25. The number of aliphatic hydroxyl groups is 2. The van der Waals surface area contributed by atoms with Crippen molar-refractivity contribution in [2.45, 2.75) is 38.9 Å². The van der Waals surface area contributed by atoms with Gasteiger partial charge in [0.05, 0.1) is 11.7 Å². The van der Waals surface area contributed by atoms with E-state index in [1.165, 1.54) is 12.1 Å². The maximum Gasteiger partial charge on any atom is 0.123 e. The van der Waals surface area contributed by atoms with Gasteiger partial charge in [0.15, 0.2) is 0 Å². The van der Waals surface area contributed by atoms with E-state index in [0.717, 1.165) is 0 Å². The summed E-state index contributed by atoms with van der Waals surface area (Å²) in [6, 6.07) is 5.92. The lowest BCUT2D eigenvalue weighted by Gasteiger charge is -2.26. The van der Waals surface area contributed by atoms with Gasteiger partial charge in [0, 0.05) is 13.1 Å². The first-order valence-corrected chi connectivity index (χ1v) is 6.67. The van der Waals surface area contributed by atoms with E-state index in [1.807, 2.05) is 0 Å². The predicted molar refractivity (Wildman–Crippen MR) is 74.3 cm³/mol. The Morgan fingerprint density at radius 1 is 1.37 bits per heavy atom. The fraction of sp³-hybridized carbons (Fsp3) is 0.600. The van der Waals surface area contributed by atoms with Crippen molar-refractivity contribution in [2.24, 2.45) is 5.92 Å². The molecule has 3 nitrogen and oxygen atoms in total. The maximum atomic E-state index is 13.0. The van der Waals surface area contributed by atoms with Gasteiger partial charge in [-0.15, -0.1) is 0 Å². The van der Waals surface area contributed by atoms with Gasteiger partial charge in [0.25, 0.3) is 0 Å². The molecule has 0 radical (unpaired) electrons. The summed E-state index contributed by atoms with van der Waals surface area (Å²) in [6.07, 6.45) is -0.0821. The van der Waals surface area contributed by atoms with E-state index in [-0.39, 0.29) is 12.4 Å². The largest absolute Gasteiger partial charge is 0.389 e. The number of hydrogen-bond donors (Lipinski definition) is 3. The second-order valence-corrected chi connectivity index (χ2v) is 5.80. The zero-order valence-electron chi connectivity index (χ0n) is 11.9. The second-order valence-electron chi connectivity index (χ2n) is 5.80. The van der Waals surface area contributed by atoms with Gasteiger partial charge in [0.2, 0.25) is 0 Å². The summed E-state index contributed by atoms with van der Waals surface area (Å²) in [6.45, 7) is 6.57. The third-order valence-corrected chi connectivity index (χ3v) is 2.92. The molecule has 1 rings (SSSR count). The van der Waals surface area contributed by atoms with Gasteiger partial charge in [-0.1, -0.05) is 26.0 Å². The molecule has 0 aromatic heterocycles. The molecule has 3 N–H and O–H groups in total. The average Bonchev–Trinajstić information content (AvgIpc) is 2.26. The van der Waals surface area contributed by atoms with Crippen molar-refractivity contribution in [2.75, 3.05) is 13.1 Å². The highest BCUT2D eigenvalue weighted by atomic mass is 19.1. The standard InChI is InChI=1S/C15H24FNO2/c1-11(2)8-15(3,19)10-17-9-14(18)12-5-4-6-13(16)7-12/h4-7,11,14,17-19H,8-10H2,1-3H3. The van der Waals surface area contributed by atoms with Crippen LogP contribution in [0, 0.1) is 11.7 Å². The summed E-state index contributed by atoms with van der Waals surface area (Å²) in [5, 5.41) is 23.0. The van der Waals surface area contributed by atoms with E-state index in [9.17, 15) is 14.6 Å². The molecular formula is C15H24FNO2. The van der Waals surface area contributed by atoms with Crippen molar-refractivity contribution >= 4 is 0 Å². The molecule has 0 fully saturated rings. The Kier molecular flexibility index (Phi) is 5.91. The number of benzene rings is 1. The number of halogens is 1. The van der Waals surface area contributed by atoms with Gasteiger partial charge < -0.3 is 15.5 Å². The lowest BCUT2D eigenvalue weighted by molar-refractivity contribution is 0.0352. The highest BCUT2D eigenvalue weighted by molar-refractivity contribution is 5.18. The van der Waals surface area contributed by atoms with E-state index >= 15 is 0 Å². The summed E-state index contributed by atoms with van der Waals surface area (Å²) in [5.41, 5.74) is -0.258. The van der Waals surface area contributed by atoms with Gasteiger partial charge in [-0.25, -0.2) is 4.39 Å². The average molecular weight is 269 g/mol. The summed E-state index contributed by atoms with van der Waals surface area (Å²) >= 11 is 0. The Hall–Kier alpha value is -0.970. The molecule has 0 spiro atoms. The molecule has 0 heterocycles. The normalized spacial score (nSPS) is 16.4. The van der Waals surface area contributed by atoms with Gasteiger partial charge >= 0.3 is 0 Å². The first-order chi connectivity index (χ1) is 8.80. The Balaban J connectivity index is 2.40. The topological polar surface area (TPSA) is 52.5 Å². The molecule has 2 atom stereocenters. The van der Waals surface area contributed by atoms with Gasteiger partial charge in [0.1, 0.15) is 5.82 Å². The minimum Gasteiger partial charge on any atom is -0.389 e. The highest BCUT2D eigenvalue weighted by Gasteiger charge is 2.21. The van der Waals surface area contributed by atoms with Crippen LogP contribution in [-0.4, -0.2) is 28.9 Å². The van der Waals surface area contributed by atoms with Crippen molar-refractivity contribution in [1.82, 2.24) is 5.32 Å². The van der Waals surface area contributed by atoms with Crippen LogP contribution in [0.25, 0.3) is 0 Å². The molecule has 19 heavy (non-hydrogen) atoms. The minimum atomic E-state index is -0.796. The van der Waals surface area contributed by atoms with Crippen LogP contribution in [0.2, 0.25) is 0 Å². The van der Waals surface area contributed by atoms with Crippen LogP contribution in [0.4, 0.5) is 4.39 Å². The van der Waals surface area contributed by atoms with E-state index in [1.54, 1.807) is 19.1 Å². The van der Waals surface area contributed by atoms with Crippen LogP contribution >= 0.6 is 0 Å². The van der Waals surface area contributed by atoms with Crippen molar-refractivity contribution in [1.29, 1.82) is 0 Å². The molecule has 1 aromatic carbocycles. The van der Waals surface area contributed by atoms with Crippen LogP contribution in [-0.2, 0) is 0 Å². The maximum absolute atomic E-state index is 13.0. The number of hydrogen-bond acceptors (Lipinski definition) is 3. The Morgan fingerprint density at radius 2 is 2.05 bits per heavy atom. The molecule has 1 aromatic rings. The second kappa shape index (κ2) is 6.98. The lowest BCUT2D eigenvalue weighted by Crippen LogP contribution is -2.40. The highest BCUT2D eigenvalue weighted by Crippen LogP contribution is 2.16. The van der Waals surface area contributed by atoms with E-state index in [0.29, 0.717) is 24.4 Å². The quantitative estimate of drug-likeness (QED) is 0.711. The van der Waals surface area contributed by atoms with Crippen molar-refractivity contribution in [3.8, 4) is 0 Å². The summed E-state index contributed by atoms with van der Waals surface area (Å²) < 4.78 is 13.0. The van der Waals surface area contributed by atoms with Crippen LogP contribution in [0.1, 0.15) is 38.9 Å². The summed E-state index contributed by atoms with van der Waals surface area (Å²) in [4.78, 5) is 0. The minimum absolute atomic E-state index is 0.289. The molecule has 0 aliphatic heterocycles. The van der Waals surface area contributed by atoms with Crippen LogP contribution in [0.3, 0.4) is 0 Å². The summed E-state index contributed by atoms with van der Waals surface area (Å²) in [7, 11) is 0. The molecule has 108 valence electrons. The monoisotopic (exact) mass is 269 g/mol. The molecule has 0 aliphatic rings. The van der Waals surface area contributed by atoms with Crippen molar-refractivity contribution < 1.29 is 14.6 Å². The van der Waals surface area contributed by atoms with Crippen molar-refractivity contribution in [3.05, 3.63) is 35.6 Å². The van der Waals surface area contributed by atoms with E-state index < -0.39 is 11.7 Å². The van der Waals surface area contributed by atoms with E-state index in [4.69, 9.17) is 0 Å². The first-order valence-electron chi connectivity index (χ1n) is 6.67. The Morgan fingerprint density at radius 3 is 2.63 bits per heavy atom. The van der Waals surface area contributed by atoms with Crippen molar-refractivity contribution in [3.63, 3.8) is 0 Å². The number of rotatable bonds is 7. The molecule has 4 heteroatoms. The van der Waals surface area contributed by atoms with Crippen LogP contribution < -0.4 is 5.32 Å². The molecule has 2 unspecified atom stereocenters. The zero-order chi connectivity index (χ0) is 14.5. The van der Waals surface area contributed by atoms with Gasteiger partial charge in [-0.05, 0) is 37.0 Å². The lowest BCUT2D eigenvalue weighted by atomic mass is 9.94. The zero-order valence-corrected chi connectivity index (χ0v) is 11.9. The fourth-order valence-corrected chi connectivity index (χ4v) is 2.26. The fourth-order valence-electron chi connectivity index (χ4n) is 2.26. The molecule has 0 bridgehead atoms. The summed E-state index contributed by atoms with van der Waals surface area (Å²) in [5.74, 6) is 0.0493. The van der Waals surface area contributed by atoms with Gasteiger partial charge in [-0.3, -0.25) is 0 Å². The van der Waals surface area contributed by atoms with Crippen LogP contribution in [0.15, 0.2) is 24.3 Å². The molecular weight excluding hydrogens is 245 g/mol. The molecule has 0 amide bonds. The molecule has 0 saturated heterocycles. The van der Waals surface area contributed by atoms with Gasteiger partial charge in [-0.2, -0.15) is 0 Å². The Bertz CT molecular complexity index is 393. The smallest absolute Gasteiger partial charge is 0.123 e. The molecule has 0 saturated carbocycles. The van der Waals surface area contributed by atoms with Crippen LogP contribution in [0.5, 0.6) is 0 Å². The molecule has 0 aliphatic carbocycles. The Labute approximate surface area is 114 Å². The SMILES string of the molecule is CC(C)CC(C)(O)CNCC(O)c1cccc(F)c1. The number of nitrogens with one attached hydrogen (secondary N) is 1. The third-order valence-electron chi connectivity index (χ3n) is 2.92. The third kappa shape index (κ3) is 6.14. The first kappa shape index (κ1) is 16.1.